The topological polar surface area (TPSA) is 35.8 Å². The van der Waals surface area contributed by atoms with Crippen LogP contribution in [0.2, 0.25) is 0 Å². The van der Waals surface area contributed by atoms with Crippen molar-refractivity contribution in [2.24, 2.45) is 5.92 Å². The van der Waals surface area contributed by atoms with Gasteiger partial charge in [0.05, 0.1) is 6.07 Å². The standard InChI is InChI=1S/C11H20N2/c1-10-5-6-11(9-10)13-8-4-2-3-7-12/h10-11,13H,2-6,8-9H2,1H3. The second-order valence-corrected chi connectivity index (χ2v) is 4.18. The van der Waals surface area contributed by atoms with Crippen LogP contribution in [0.15, 0.2) is 0 Å². The molecule has 2 heteroatoms. The fraction of sp³-hybridized carbons (Fsp3) is 0.909. The van der Waals surface area contributed by atoms with E-state index in [2.05, 4.69) is 18.3 Å². The normalized spacial score (nSPS) is 27.4. The molecule has 13 heavy (non-hydrogen) atoms. The van der Waals surface area contributed by atoms with Gasteiger partial charge < -0.3 is 5.32 Å². The zero-order chi connectivity index (χ0) is 9.52. The Bertz CT molecular complexity index is 171. The molecular weight excluding hydrogens is 160 g/mol. The molecule has 0 bridgehead atoms. The molecule has 0 aromatic heterocycles. The fourth-order valence-electron chi connectivity index (χ4n) is 2.03. The summed E-state index contributed by atoms with van der Waals surface area (Å²) in [5.41, 5.74) is 0. The molecule has 2 atom stereocenters. The average Bonchev–Trinajstić information content (AvgIpc) is 2.51. The second kappa shape index (κ2) is 5.99. The van der Waals surface area contributed by atoms with Gasteiger partial charge in [0.2, 0.25) is 0 Å². The summed E-state index contributed by atoms with van der Waals surface area (Å²) in [4.78, 5) is 0. The third-order valence-electron chi connectivity index (χ3n) is 2.84. The summed E-state index contributed by atoms with van der Waals surface area (Å²) < 4.78 is 0. The van der Waals surface area contributed by atoms with Gasteiger partial charge in [0, 0.05) is 12.5 Å². The summed E-state index contributed by atoms with van der Waals surface area (Å²) in [6, 6.07) is 2.94. The molecule has 1 rings (SSSR count). The Morgan fingerprint density at radius 3 is 2.85 bits per heavy atom. The molecule has 0 aromatic carbocycles. The first kappa shape index (κ1) is 10.5. The summed E-state index contributed by atoms with van der Waals surface area (Å²) in [6.45, 7) is 3.43. The highest BCUT2D eigenvalue weighted by Crippen LogP contribution is 2.24. The van der Waals surface area contributed by atoms with Crippen molar-refractivity contribution in [2.45, 2.75) is 51.5 Å². The molecule has 1 fully saturated rings. The molecule has 2 nitrogen and oxygen atoms in total. The van der Waals surface area contributed by atoms with Crippen molar-refractivity contribution in [1.29, 1.82) is 5.26 Å². The van der Waals surface area contributed by atoms with Crippen LogP contribution in [0.1, 0.15) is 45.4 Å². The number of unbranched alkanes of at least 4 members (excludes halogenated alkanes) is 2. The molecule has 1 aliphatic rings. The Hall–Kier alpha value is -0.550. The van der Waals surface area contributed by atoms with Crippen molar-refractivity contribution < 1.29 is 0 Å². The van der Waals surface area contributed by atoms with Gasteiger partial charge in [-0.15, -0.1) is 0 Å². The zero-order valence-electron chi connectivity index (χ0n) is 8.55. The van der Waals surface area contributed by atoms with Crippen LogP contribution >= 0.6 is 0 Å². The van der Waals surface area contributed by atoms with Crippen molar-refractivity contribution in [3.63, 3.8) is 0 Å². The molecule has 0 aromatic rings. The minimum Gasteiger partial charge on any atom is -0.314 e. The third-order valence-corrected chi connectivity index (χ3v) is 2.84. The number of rotatable bonds is 5. The van der Waals surface area contributed by atoms with E-state index >= 15 is 0 Å². The van der Waals surface area contributed by atoms with Crippen LogP contribution in [-0.4, -0.2) is 12.6 Å². The number of nitriles is 1. The van der Waals surface area contributed by atoms with Gasteiger partial charge in [-0.3, -0.25) is 0 Å². The maximum atomic E-state index is 8.34. The van der Waals surface area contributed by atoms with Crippen LogP contribution in [-0.2, 0) is 0 Å². The predicted molar refractivity (Wildman–Crippen MR) is 54.3 cm³/mol. The van der Waals surface area contributed by atoms with Gasteiger partial charge in [0.1, 0.15) is 0 Å². The monoisotopic (exact) mass is 180 g/mol. The lowest BCUT2D eigenvalue weighted by Crippen LogP contribution is -2.27. The molecule has 1 N–H and O–H groups in total. The Kier molecular flexibility index (Phi) is 4.85. The Morgan fingerprint density at radius 2 is 2.23 bits per heavy atom. The summed E-state index contributed by atoms with van der Waals surface area (Å²) in [5.74, 6) is 0.914. The fourth-order valence-corrected chi connectivity index (χ4v) is 2.03. The van der Waals surface area contributed by atoms with Crippen LogP contribution in [0.4, 0.5) is 0 Å². The van der Waals surface area contributed by atoms with E-state index in [9.17, 15) is 0 Å². The van der Waals surface area contributed by atoms with Gasteiger partial charge in [0.15, 0.2) is 0 Å². The summed E-state index contributed by atoms with van der Waals surface area (Å²) in [5, 5.41) is 11.9. The third kappa shape index (κ3) is 4.28. The second-order valence-electron chi connectivity index (χ2n) is 4.18. The highest BCUT2D eigenvalue weighted by atomic mass is 14.9. The van der Waals surface area contributed by atoms with Gasteiger partial charge in [-0.2, -0.15) is 5.26 Å². The maximum Gasteiger partial charge on any atom is 0.0621 e. The van der Waals surface area contributed by atoms with E-state index in [-0.39, 0.29) is 0 Å². The molecule has 1 aliphatic carbocycles. The summed E-state index contributed by atoms with van der Waals surface area (Å²) in [6.07, 6.45) is 6.99. The molecule has 0 heterocycles. The zero-order valence-corrected chi connectivity index (χ0v) is 8.55. The highest BCUT2D eigenvalue weighted by Gasteiger charge is 2.19. The highest BCUT2D eigenvalue weighted by molar-refractivity contribution is 4.78. The average molecular weight is 180 g/mol. The van der Waals surface area contributed by atoms with E-state index in [1.165, 1.54) is 19.3 Å². The van der Waals surface area contributed by atoms with Crippen molar-refractivity contribution in [3.05, 3.63) is 0 Å². The molecule has 0 saturated heterocycles. The smallest absolute Gasteiger partial charge is 0.0621 e. The van der Waals surface area contributed by atoms with Gasteiger partial charge >= 0.3 is 0 Å². The van der Waals surface area contributed by atoms with E-state index in [0.29, 0.717) is 6.42 Å². The molecular formula is C11H20N2. The molecule has 0 spiro atoms. The lowest BCUT2D eigenvalue weighted by Gasteiger charge is -2.11. The maximum absolute atomic E-state index is 8.34. The van der Waals surface area contributed by atoms with Crippen molar-refractivity contribution >= 4 is 0 Å². The van der Waals surface area contributed by atoms with Crippen molar-refractivity contribution in [3.8, 4) is 6.07 Å². The minimum absolute atomic E-state index is 0.711. The SMILES string of the molecule is CC1CCC(NCCCCC#N)C1. The van der Waals surface area contributed by atoms with E-state index < -0.39 is 0 Å². The molecule has 0 radical (unpaired) electrons. The molecule has 2 unspecified atom stereocenters. The van der Waals surface area contributed by atoms with Crippen LogP contribution in [0.3, 0.4) is 0 Å². The van der Waals surface area contributed by atoms with E-state index in [0.717, 1.165) is 31.3 Å². The number of hydrogen-bond acceptors (Lipinski definition) is 2. The quantitative estimate of drug-likeness (QED) is 0.660. The van der Waals surface area contributed by atoms with E-state index in [1.807, 2.05) is 0 Å². The van der Waals surface area contributed by atoms with Crippen molar-refractivity contribution in [1.82, 2.24) is 5.32 Å². The first-order valence-electron chi connectivity index (χ1n) is 5.43. The van der Waals surface area contributed by atoms with Gasteiger partial charge in [-0.25, -0.2) is 0 Å². The Morgan fingerprint density at radius 1 is 1.38 bits per heavy atom. The summed E-state index contributed by atoms with van der Waals surface area (Å²) >= 11 is 0. The lowest BCUT2D eigenvalue weighted by atomic mass is 10.1. The Labute approximate surface area is 81.3 Å². The molecule has 0 aliphatic heterocycles. The van der Waals surface area contributed by atoms with E-state index in [1.54, 1.807) is 0 Å². The lowest BCUT2D eigenvalue weighted by molar-refractivity contribution is 0.492. The molecule has 1 saturated carbocycles. The molecule has 0 amide bonds. The number of hydrogen-bond donors (Lipinski definition) is 1. The van der Waals surface area contributed by atoms with Crippen LogP contribution in [0, 0.1) is 17.2 Å². The minimum atomic E-state index is 0.711. The first-order chi connectivity index (χ1) is 6.33. The predicted octanol–water partition coefficient (Wildman–Crippen LogP) is 2.46. The van der Waals surface area contributed by atoms with Gasteiger partial charge in [-0.05, 0) is 44.6 Å². The largest absolute Gasteiger partial charge is 0.314 e. The number of nitrogens with one attached hydrogen (secondary N) is 1. The van der Waals surface area contributed by atoms with Crippen LogP contribution in [0.5, 0.6) is 0 Å². The van der Waals surface area contributed by atoms with E-state index in [4.69, 9.17) is 5.26 Å². The number of nitrogens with zero attached hydrogens (tertiary/aromatic N) is 1. The molecule has 74 valence electrons. The Balaban J connectivity index is 1.92. The first-order valence-corrected chi connectivity index (χ1v) is 5.43. The van der Waals surface area contributed by atoms with Gasteiger partial charge in [-0.1, -0.05) is 6.92 Å². The van der Waals surface area contributed by atoms with Gasteiger partial charge in [0.25, 0.3) is 0 Å². The summed E-state index contributed by atoms with van der Waals surface area (Å²) in [7, 11) is 0. The van der Waals surface area contributed by atoms with Crippen LogP contribution < -0.4 is 5.32 Å². The van der Waals surface area contributed by atoms with Crippen molar-refractivity contribution in [2.75, 3.05) is 6.54 Å². The van der Waals surface area contributed by atoms with Crippen LogP contribution in [0.25, 0.3) is 0 Å².